The van der Waals surface area contributed by atoms with Crippen LogP contribution in [0.3, 0.4) is 0 Å². The number of nitrogens with one attached hydrogen (secondary N) is 3. The molecular formula is C14H18ClN3O2. The molecule has 108 valence electrons. The summed E-state index contributed by atoms with van der Waals surface area (Å²) in [5.74, 6) is -0.206. The minimum absolute atomic E-state index is 0.0112. The van der Waals surface area contributed by atoms with Crippen molar-refractivity contribution in [1.82, 2.24) is 5.32 Å². The predicted molar refractivity (Wildman–Crippen MR) is 80.0 cm³/mol. The SMILES string of the molecule is CC(=O)Nc1cc(Cl)ccc1NC(=O)C1CCNCC1. The van der Waals surface area contributed by atoms with Gasteiger partial charge in [0.1, 0.15) is 0 Å². The Balaban J connectivity index is 2.11. The molecule has 1 aliphatic rings. The lowest BCUT2D eigenvalue weighted by Crippen LogP contribution is -2.34. The fourth-order valence-electron chi connectivity index (χ4n) is 2.24. The molecule has 1 aromatic carbocycles. The van der Waals surface area contributed by atoms with E-state index in [9.17, 15) is 9.59 Å². The molecule has 1 heterocycles. The third-order valence-electron chi connectivity index (χ3n) is 3.26. The Hall–Kier alpha value is -1.59. The average Bonchev–Trinajstić information content (AvgIpc) is 2.42. The molecule has 0 aliphatic carbocycles. The third kappa shape index (κ3) is 3.95. The maximum absolute atomic E-state index is 12.2. The van der Waals surface area contributed by atoms with Gasteiger partial charge in [-0.15, -0.1) is 0 Å². The van der Waals surface area contributed by atoms with Gasteiger partial charge < -0.3 is 16.0 Å². The number of amides is 2. The van der Waals surface area contributed by atoms with E-state index in [-0.39, 0.29) is 17.7 Å². The standard InChI is InChI=1S/C14H18ClN3O2/c1-9(19)17-13-8-11(15)2-3-12(13)18-14(20)10-4-6-16-7-5-10/h2-3,8,10,16H,4-7H2,1H3,(H,17,19)(H,18,20). The molecule has 0 unspecified atom stereocenters. The summed E-state index contributed by atoms with van der Waals surface area (Å²) in [6.07, 6.45) is 1.66. The van der Waals surface area contributed by atoms with Gasteiger partial charge in [-0.3, -0.25) is 9.59 Å². The number of anilines is 2. The quantitative estimate of drug-likeness (QED) is 0.801. The first-order chi connectivity index (χ1) is 9.56. The Bertz CT molecular complexity index is 513. The molecule has 0 bridgehead atoms. The summed E-state index contributed by atoms with van der Waals surface area (Å²) in [6.45, 7) is 3.13. The zero-order chi connectivity index (χ0) is 14.5. The molecule has 20 heavy (non-hydrogen) atoms. The third-order valence-corrected chi connectivity index (χ3v) is 3.50. The number of halogens is 1. The summed E-state index contributed by atoms with van der Waals surface area (Å²) in [7, 11) is 0. The summed E-state index contributed by atoms with van der Waals surface area (Å²) in [5.41, 5.74) is 1.10. The van der Waals surface area contributed by atoms with Crippen LogP contribution in [0.5, 0.6) is 0 Å². The Kier molecular flexibility index (Phi) is 4.98. The number of carbonyl (C=O) groups excluding carboxylic acids is 2. The molecule has 1 saturated heterocycles. The molecule has 0 aromatic heterocycles. The lowest BCUT2D eigenvalue weighted by molar-refractivity contribution is -0.120. The lowest BCUT2D eigenvalue weighted by Gasteiger charge is -2.22. The highest BCUT2D eigenvalue weighted by Crippen LogP contribution is 2.27. The van der Waals surface area contributed by atoms with Gasteiger partial charge in [-0.25, -0.2) is 0 Å². The molecule has 5 nitrogen and oxygen atoms in total. The molecule has 1 aliphatic heterocycles. The van der Waals surface area contributed by atoms with Crippen LogP contribution in [0.25, 0.3) is 0 Å². The molecular weight excluding hydrogens is 278 g/mol. The van der Waals surface area contributed by atoms with E-state index < -0.39 is 0 Å². The van der Waals surface area contributed by atoms with E-state index >= 15 is 0 Å². The maximum atomic E-state index is 12.2. The van der Waals surface area contributed by atoms with Crippen LogP contribution in [0.4, 0.5) is 11.4 Å². The van der Waals surface area contributed by atoms with Gasteiger partial charge in [0, 0.05) is 17.9 Å². The van der Waals surface area contributed by atoms with Crippen LogP contribution in [-0.2, 0) is 9.59 Å². The van der Waals surface area contributed by atoms with E-state index in [4.69, 9.17) is 11.6 Å². The second kappa shape index (κ2) is 6.72. The number of benzene rings is 1. The Labute approximate surface area is 123 Å². The molecule has 0 radical (unpaired) electrons. The zero-order valence-corrected chi connectivity index (χ0v) is 12.1. The van der Waals surface area contributed by atoms with Gasteiger partial charge in [0.15, 0.2) is 0 Å². The number of carbonyl (C=O) groups is 2. The minimum atomic E-state index is -0.204. The molecule has 6 heteroatoms. The van der Waals surface area contributed by atoms with Crippen molar-refractivity contribution >= 4 is 34.8 Å². The molecule has 0 spiro atoms. The van der Waals surface area contributed by atoms with Gasteiger partial charge in [0.05, 0.1) is 11.4 Å². The Morgan fingerprint density at radius 2 is 1.90 bits per heavy atom. The molecule has 3 N–H and O–H groups in total. The fraction of sp³-hybridized carbons (Fsp3) is 0.429. The summed E-state index contributed by atoms with van der Waals surface area (Å²) in [4.78, 5) is 23.4. The minimum Gasteiger partial charge on any atom is -0.324 e. The second-order valence-electron chi connectivity index (χ2n) is 4.88. The van der Waals surface area contributed by atoms with Crippen molar-refractivity contribution in [2.24, 2.45) is 5.92 Å². The van der Waals surface area contributed by atoms with Gasteiger partial charge in [-0.05, 0) is 44.1 Å². The predicted octanol–water partition coefficient (Wildman–Crippen LogP) is 2.24. The van der Waals surface area contributed by atoms with Crippen LogP contribution in [-0.4, -0.2) is 24.9 Å². The monoisotopic (exact) mass is 295 g/mol. The first kappa shape index (κ1) is 14.8. The second-order valence-corrected chi connectivity index (χ2v) is 5.32. The van der Waals surface area contributed by atoms with E-state index in [0.717, 1.165) is 25.9 Å². The smallest absolute Gasteiger partial charge is 0.227 e. The van der Waals surface area contributed by atoms with Crippen molar-refractivity contribution < 1.29 is 9.59 Å². The highest BCUT2D eigenvalue weighted by Gasteiger charge is 2.21. The van der Waals surface area contributed by atoms with Crippen LogP contribution in [0.2, 0.25) is 5.02 Å². The van der Waals surface area contributed by atoms with Crippen LogP contribution in [0.15, 0.2) is 18.2 Å². The van der Waals surface area contributed by atoms with Crippen molar-refractivity contribution in [2.75, 3.05) is 23.7 Å². The van der Waals surface area contributed by atoms with Crippen molar-refractivity contribution in [3.63, 3.8) is 0 Å². The largest absolute Gasteiger partial charge is 0.324 e. The molecule has 1 fully saturated rings. The van der Waals surface area contributed by atoms with Crippen molar-refractivity contribution in [3.8, 4) is 0 Å². The van der Waals surface area contributed by atoms with E-state index in [1.165, 1.54) is 6.92 Å². The van der Waals surface area contributed by atoms with Gasteiger partial charge in [0.25, 0.3) is 0 Å². The maximum Gasteiger partial charge on any atom is 0.227 e. The molecule has 2 amide bonds. The summed E-state index contributed by atoms with van der Waals surface area (Å²) in [6, 6.07) is 5.01. The highest BCUT2D eigenvalue weighted by atomic mass is 35.5. The van der Waals surface area contributed by atoms with E-state index in [1.54, 1.807) is 18.2 Å². The average molecular weight is 296 g/mol. The van der Waals surface area contributed by atoms with Crippen LogP contribution in [0.1, 0.15) is 19.8 Å². The van der Waals surface area contributed by atoms with Crippen LogP contribution < -0.4 is 16.0 Å². The number of rotatable bonds is 3. The molecule has 0 atom stereocenters. The molecule has 0 saturated carbocycles. The summed E-state index contributed by atoms with van der Waals surface area (Å²) in [5, 5.41) is 9.28. The Morgan fingerprint density at radius 1 is 1.20 bits per heavy atom. The first-order valence-electron chi connectivity index (χ1n) is 6.65. The van der Waals surface area contributed by atoms with Crippen molar-refractivity contribution in [1.29, 1.82) is 0 Å². The van der Waals surface area contributed by atoms with Crippen molar-refractivity contribution in [3.05, 3.63) is 23.2 Å². The number of hydrogen-bond acceptors (Lipinski definition) is 3. The first-order valence-corrected chi connectivity index (χ1v) is 7.03. The van der Waals surface area contributed by atoms with Gasteiger partial charge in [-0.1, -0.05) is 11.6 Å². The summed E-state index contributed by atoms with van der Waals surface area (Å²) < 4.78 is 0. The fourth-order valence-corrected chi connectivity index (χ4v) is 2.41. The zero-order valence-electron chi connectivity index (χ0n) is 11.3. The highest BCUT2D eigenvalue weighted by molar-refractivity contribution is 6.31. The molecule has 1 aromatic rings. The number of hydrogen-bond donors (Lipinski definition) is 3. The topological polar surface area (TPSA) is 70.2 Å². The van der Waals surface area contributed by atoms with Crippen molar-refractivity contribution in [2.45, 2.75) is 19.8 Å². The Morgan fingerprint density at radius 3 is 2.55 bits per heavy atom. The molecule has 2 rings (SSSR count). The summed E-state index contributed by atoms with van der Waals surface area (Å²) >= 11 is 5.91. The van der Waals surface area contributed by atoms with E-state index in [2.05, 4.69) is 16.0 Å². The normalized spacial score (nSPS) is 15.7. The van der Waals surface area contributed by atoms with Gasteiger partial charge >= 0.3 is 0 Å². The number of piperidine rings is 1. The van der Waals surface area contributed by atoms with Gasteiger partial charge in [0.2, 0.25) is 11.8 Å². The lowest BCUT2D eigenvalue weighted by atomic mass is 9.97. The van der Waals surface area contributed by atoms with Crippen LogP contribution in [0, 0.1) is 5.92 Å². The van der Waals surface area contributed by atoms with E-state index in [1.807, 2.05) is 0 Å². The van der Waals surface area contributed by atoms with Crippen LogP contribution >= 0.6 is 11.6 Å². The van der Waals surface area contributed by atoms with E-state index in [0.29, 0.717) is 16.4 Å². The van der Waals surface area contributed by atoms with Gasteiger partial charge in [-0.2, -0.15) is 0 Å².